The summed E-state index contributed by atoms with van der Waals surface area (Å²) in [5, 5.41) is 23.8. The summed E-state index contributed by atoms with van der Waals surface area (Å²) in [5.74, 6) is -3.70. The number of carbonyl (C=O) groups is 2. The molecule has 1 aromatic carbocycles. The fraction of sp³-hybridized carbons (Fsp3) is 0.610. The maximum Gasteiger partial charge on any atom is 0.338 e. The van der Waals surface area contributed by atoms with Crippen molar-refractivity contribution in [3.05, 3.63) is 82.7 Å². The molecule has 10 heteroatoms. The number of aliphatic hydroxyl groups excluding tert-OH is 1. The molecule has 1 spiro atoms. The van der Waals surface area contributed by atoms with Gasteiger partial charge in [0, 0.05) is 25.2 Å². The van der Waals surface area contributed by atoms with E-state index in [-0.39, 0.29) is 30.3 Å². The quantitative estimate of drug-likeness (QED) is 0.266. The van der Waals surface area contributed by atoms with Crippen molar-refractivity contribution in [1.29, 1.82) is 0 Å². The summed E-state index contributed by atoms with van der Waals surface area (Å²) in [7, 11) is 0. The molecule has 4 heterocycles. The van der Waals surface area contributed by atoms with Crippen LogP contribution in [0.1, 0.15) is 90.4 Å². The van der Waals surface area contributed by atoms with Gasteiger partial charge in [0.15, 0.2) is 11.9 Å². The molecule has 3 fully saturated rings. The third kappa shape index (κ3) is 7.53. The van der Waals surface area contributed by atoms with Gasteiger partial charge >= 0.3 is 11.9 Å². The van der Waals surface area contributed by atoms with Crippen molar-refractivity contribution >= 4 is 11.9 Å². The minimum atomic E-state index is -1.93. The highest BCUT2D eigenvalue weighted by Gasteiger charge is 2.61. The molecule has 2 N–H and O–H groups in total. The number of rotatable bonds is 4. The molecular formula is C41H53FO9. The predicted octanol–water partition coefficient (Wildman–Crippen LogP) is 6.54. The van der Waals surface area contributed by atoms with Crippen LogP contribution in [0.5, 0.6) is 0 Å². The molecule has 2 bridgehead atoms. The summed E-state index contributed by atoms with van der Waals surface area (Å²) in [6, 6.07) is 5.18. The van der Waals surface area contributed by atoms with Gasteiger partial charge in [-0.25, -0.2) is 9.18 Å². The highest BCUT2D eigenvalue weighted by Crippen LogP contribution is 2.48. The summed E-state index contributed by atoms with van der Waals surface area (Å²) in [4.78, 5) is 27.6. The Morgan fingerprint density at radius 3 is 2.69 bits per heavy atom. The summed E-state index contributed by atoms with van der Waals surface area (Å²) in [6.45, 7) is 12.0. The first-order valence-electron chi connectivity index (χ1n) is 18.5. The largest absolute Gasteiger partial charge is 0.462 e. The second-order valence-electron chi connectivity index (χ2n) is 15.5. The summed E-state index contributed by atoms with van der Waals surface area (Å²) >= 11 is 0. The molecular weight excluding hydrogens is 655 g/mol. The monoisotopic (exact) mass is 708 g/mol. The molecule has 12 atom stereocenters. The van der Waals surface area contributed by atoms with Gasteiger partial charge in [-0.2, -0.15) is 0 Å². The van der Waals surface area contributed by atoms with Gasteiger partial charge in [-0.05, 0) is 73.4 Å². The Morgan fingerprint density at radius 1 is 1.16 bits per heavy atom. The molecule has 6 rings (SSSR count). The van der Waals surface area contributed by atoms with E-state index < -0.39 is 59.5 Å². The number of hydrogen-bond acceptors (Lipinski definition) is 9. The topological polar surface area (TPSA) is 121 Å². The molecule has 0 saturated carbocycles. The summed E-state index contributed by atoms with van der Waals surface area (Å²) in [6.07, 6.45) is 8.81. The Labute approximate surface area is 300 Å². The first-order valence-corrected chi connectivity index (χ1v) is 18.5. The number of halogens is 1. The molecule has 9 nitrogen and oxygen atoms in total. The Kier molecular flexibility index (Phi) is 11.1. The van der Waals surface area contributed by atoms with E-state index in [0.717, 1.165) is 24.5 Å². The van der Waals surface area contributed by atoms with Crippen molar-refractivity contribution in [2.75, 3.05) is 6.61 Å². The van der Waals surface area contributed by atoms with Crippen molar-refractivity contribution < 1.29 is 47.9 Å². The van der Waals surface area contributed by atoms with E-state index in [2.05, 4.69) is 20.8 Å². The Hall–Kier alpha value is -3.15. The van der Waals surface area contributed by atoms with Crippen LogP contribution in [0.3, 0.4) is 0 Å². The molecule has 1 aromatic rings. The molecule has 3 saturated heterocycles. The van der Waals surface area contributed by atoms with Gasteiger partial charge in [-0.15, -0.1) is 0 Å². The van der Waals surface area contributed by atoms with Crippen LogP contribution in [-0.2, 0) is 28.5 Å². The van der Waals surface area contributed by atoms with Crippen molar-refractivity contribution in [3.63, 3.8) is 0 Å². The second-order valence-corrected chi connectivity index (χ2v) is 15.5. The number of ether oxygens (including phenoxy) is 5. The van der Waals surface area contributed by atoms with Crippen LogP contribution in [0.2, 0.25) is 0 Å². The van der Waals surface area contributed by atoms with Crippen LogP contribution < -0.4 is 0 Å². The first kappa shape index (κ1) is 37.6. The number of carbonyl (C=O) groups excluding carboxylic acids is 2. The van der Waals surface area contributed by atoms with Gasteiger partial charge in [0.2, 0.25) is 0 Å². The van der Waals surface area contributed by atoms with Crippen molar-refractivity contribution in [2.45, 2.75) is 128 Å². The van der Waals surface area contributed by atoms with E-state index in [1.807, 2.05) is 26.0 Å². The van der Waals surface area contributed by atoms with Gasteiger partial charge < -0.3 is 33.9 Å². The normalized spacial score (nSPS) is 41.9. The van der Waals surface area contributed by atoms with Crippen molar-refractivity contribution in [2.24, 2.45) is 23.7 Å². The van der Waals surface area contributed by atoms with Gasteiger partial charge in [0.1, 0.15) is 29.5 Å². The van der Waals surface area contributed by atoms with Gasteiger partial charge in [-0.3, -0.25) is 4.79 Å². The fourth-order valence-corrected chi connectivity index (χ4v) is 8.49. The molecule has 0 radical (unpaired) electrons. The lowest BCUT2D eigenvalue weighted by atomic mass is 9.70. The average Bonchev–Trinajstić information content (AvgIpc) is 3.44. The number of allylic oxidation sites excluding steroid dienone is 2. The van der Waals surface area contributed by atoms with Crippen molar-refractivity contribution in [1.82, 2.24) is 0 Å². The fourth-order valence-electron chi connectivity index (χ4n) is 8.49. The zero-order valence-corrected chi connectivity index (χ0v) is 30.5. The molecule has 5 aliphatic rings. The Morgan fingerprint density at radius 2 is 1.94 bits per heavy atom. The first-order chi connectivity index (χ1) is 24.2. The van der Waals surface area contributed by atoms with E-state index in [0.29, 0.717) is 48.7 Å². The van der Waals surface area contributed by atoms with Gasteiger partial charge in [0.25, 0.3) is 0 Å². The Balaban J connectivity index is 1.37. The lowest BCUT2D eigenvalue weighted by Gasteiger charge is -2.51. The van der Waals surface area contributed by atoms with E-state index in [9.17, 15) is 24.2 Å². The van der Waals surface area contributed by atoms with E-state index in [1.165, 1.54) is 18.2 Å². The third-order valence-electron chi connectivity index (χ3n) is 11.7. The molecule has 0 unspecified atom stereocenters. The Bertz CT molecular complexity index is 1590. The van der Waals surface area contributed by atoms with E-state index >= 15 is 0 Å². The average molecular weight is 709 g/mol. The van der Waals surface area contributed by atoms with Crippen LogP contribution in [0, 0.1) is 29.5 Å². The zero-order chi connectivity index (χ0) is 36.7. The smallest absolute Gasteiger partial charge is 0.338 e. The lowest BCUT2D eigenvalue weighted by molar-refractivity contribution is -0.340. The van der Waals surface area contributed by atoms with Crippen LogP contribution in [-0.4, -0.2) is 76.8 Å². The van der Waals surface area contributed by atoms with E-state index in [1.54, 1.807) is 25.2 Å². The molecule has 278 valence electrons. The summed E-state index contributed by atoms with van der Waals surface area (Å²) < 4.78 is 45.9. The number of aliphatic hydroxyl groups is 2. The SMILES string of the molecule is CC[C@H](C)[C@H]1O[C@]2(CC[C@@H]1C)C[C@@H]1C[C@@H](C/C=C(\C)[C@@H](O)[C@@H](C)/C=C/C=C3\CO[C@@H]4[C@H](OC(=O)c5cccc(F)c5)C(C)=C[C@@H](C(=O)O1)[C@]34O)O2. The number of esters is 2. The number of benzene rings is 1. The molecule has 1 aliphatic carbocycles. The summed E-state index contributed by atoms with van der Waals surface area (Å²) in [5.41, 5.74) is -0.200. The maximum absolute atomic E-state index is 14.4. The van der Waals surface area contributed by atoms with Gasteiger partial charge in [0.05, 0.1) is 30.5 Å². The highest BCUT2D eigenvalue weighted by atomic mass is 19.1. The third-order valence-corrected chi connectivity index (χ3v) is 11.7. The second kappa shape index (κ2) is 15.1. The van der Waals surface area contributed by atoms with Crippen LogP contribution >= 0.6 is 0 Å². The van der Waals surface area contributed by atoms with Crippen LogP contribution in [0.25, 0.3) is 0 Å². The maximum atomic E-state index is 14.4. The molecule has 51 heavy (non-hydrogen) atoms. The lowest BCUT2D eigenvalue weighted by Crippen LogP contribution is -2.59. The van der Waals surface area contributed by atoms with Crippen LogP contribution in [0.4, 0.5) is 4.39 Å². The minimum Gasteiger partial charge on any atom is -0.462 e. The number of fused-ring (bicyclic) bond motifs is 2. The standard InChI is InChI=1S/C41H53FO9/c1-7-23(2)35-26(5)16-17-40(51-35)21-32-20-31(50-40)15-14-25(4)34(43)24(3)10-8-12-29-22-47-37-36(49-38(44)28-11-9-13-30(42)19-28)27(6)18-33(39(45)48-32)41(29,37)46/h8-14,18-19,23-24,26,31-37,43,46H,7,15-17,20-22H2,1-6H3/b10-8+,25-14+,29-12+/t23-,24-,26-,31+,32-,33-,34-,35+,36+,37+,40+,41+/m0/s1. The molecule has 0 amide bonds. The van der Waals surface area contributed by atoms with Gasteiger partial charge in [-0.1, -0.05) is 70.6 Å². The zero-order valence-electron chi connectivity index (χ0n) is 30.5. The van der Waals surface area contributed by atoms with Crippen LogP contribution in [0.15, 0.2) is 71.4 Å². The van der Waals surface area contributed by atoms with E-state index in [4.69, 9.17) is 23.7 Å². The predicted molar refractivity (Wildman–Crippen MR) is 188 cm³/mol. The minimum absolute atomic E-state index is 0.0100. The molecule has 0 aromatic heterocycles. The molecule has 4 aliphatic heterocycles. The number of hydrogen-bond donors (Lipinski definition) is 2. The van der Waals surface area contributed by atoms with Crippen molar-refractivity contribution in [3.8, 4) is 0 Å². The highest BCUT2D eigenvalue weighted by molar-refractivity contribution is 5.89.